The molecule has 1 unspecified atom stereocenters. The number of aryl methyl sites for hydroxylation is 2. The van der Waals surface area contributed by atoms with Crippen molar-refractivity contribution in [3.05, 3.63) is 21.4 Å². The van der Waals surface area contributed by atoms with Gasteiger partial charge < -0.3 is 5.11 Å². The molecule has 90 valence electrons. The van der Waals surface area contributed by atoms with Crippen molar-refractivity contribution >= 4 is 11.3 Å². The van der Waals surface area contributed by atoms with Gasteiger partial charge in [0.1, 0.15) is 0 Å². The molecule has 0 aromatic carbocycles. The predicted molar refractivity (Wildman–Crippen MR) is 70.0 cm³/mol. The minimum absolute atomic E-state index is 0.214. The third kappa shape index (κ3) is 2.86. The maximum atomic E-state index is 10.1. The minimum atomic E-state index is -0.214. The van der Waals surface area contributed by atoms with Crippen LogP contribution in [0.4, 0.5) is 0 Å². The Morgan fingerprint density at radius 2 is 2.12 bits per heavy atom. The van der Waals surface area contributed by atoms with E-state index in [0.29, 0.717) is 0 Å². The summed E-state index contributed by atoms with van der Waals surface area (Å²) in [6.45, 7) is 4.48. The Hall–Kier alpha value is -0.340. The maximum absolute atomic E-state index is 10.1. The molecule has 1 N–H and O–H groups in total. The van der Waals surface area contributed by atoms with Crippen LogP contribution in [0.1, 0.15) is 61.0 Å². The molecule has 0 radical (unpaired) electrons. The molecule has 1 aromatic heterocycles. The summed E-state index contributed by atoms with van der Waals surface area (Å²) in [5.41, 5.74) is 1.50. The fourth-order valence-electron chi connectivity index (χ4n) is 2.38. The standard InChI is InChI=1S/C14H22OS/c1-10(2)5-3-7-12(15)14-9-11-6-4-8-13(11)16-14/h9-10,12,15H,3-8H2,1-2H3. The Morgan fingerprint density at radius 3 is 2.81 bits per heavy atom. The van der Waals surface area contributed by atoms with Crippen molar-refractivity contribution in [1.82, 2.24) is 0 Å². The van der Waals surface area contributed by atoms with Crippen LogP contribution in [0, 0.1) is 5.92 Å². The second-order valence-electron chi connectivity index (χ2n) is 5.29. The first-order valence-corrected chi connectivity index (χ1v) is 7.28. The molecule has 0 spiro atoms. The van der Waals surface area contributed by atoms with Crippen LogP contribution in [0.15, 0.2) is 6.07 Å². The molecule has 1 aliphatic rings. The molecule has 1 nitrogen and oxygen atoms in total. The normalized spacial score (nSPS) is 16.8. The van der Waals surface area contributed by atoms with Crippen LogP contribution in [-0.2, 0) is 12.8 Å². The van der Waals surface area contributed by atoms with Crippen molar-refractivity contribution in [2.24, 2.45) is 5.92 Å². The van der Waals surface area contributed by atoms with Crippen LogP contribution in [0.25, 0.3) is 0 Å². The fraction of sp³-hybridized carbons (Fsp3) is 0.714. The van der Waals surface area contributed by atoms with E-state index in [1.54, 1.807) is 0 Å². The summed E-state index contributed by atoms with van der Waals surface area (Å²) in [5, 5.41) is 10.1. The number of thiophene rings is 1. The largest absolute Gasteiger partial charge is 0.388 e. The lowest BCUT2D eigenvalue weighted by Gasteiger charge is -2.09. The molecule has 1 aromatic rings. The second-order valence-corrected chi connectivity index (χ2v) is 6.46. The monoisotopic (exact) mass is 238 g/mol. The summed E-state index contributed by atoms with van der Waals surface area (Å²) < 4.78 is 0. The Bertz CT molecular complexity index is 319. The SMILES string of the molecule is CC(C)CCCC(O)c1cc2c(s1)CCC2. The van der Waals surface area contributed by atoms with E-state index in [2.05, 4.69) is 19.9 Å². The number of aliphatic hydroxyl groups excluding tert-OH is 1. The van der Waals surface area contributed by atoms with Crippen LogP contribution < -0.4 is 0 Å². The zero-order valence-corrected chi connectivity index (χ0v) is 11.1. The third-order valence-corrected chi connectivity index (χ3v) is 4.69. The van der Waals surface area contributed by atoms with Crippen LogP contribution >= 0.6 is 11.3 Å². The first-order valence-electron chi connectivity index (χ1n) is 6.46. The van der Waals surface area contributed by atoms with Gasteiger partial charge >= 0.3 is 0 Å². The van der Waals surface area contributed by atoms with Crippen LogP contribution in [-0.4, -0.2) is 5.11 Å². The van der Waals surface area contributed by atoms with E-state index in [1.165, 1.54) is 41.0 Å². The highest BCUT2D eigenvalue weighted by Gasteiger charge is 2.18. The molecule has 0 aliphatic heterocycles. The van der Waals surface area contributed by atoms with Gasteiger partial charge in [0, 0.05) is 9.75 Å². The number of hydrogen-bond acceptors (Lipinski definition) is 2. The molecule has 0 saturated heterocycles. The molecule has 0 saturated carbocycles. The molecule has 0 amide bonds. The van der Waals surface area contributed by atoms with Crippen molar-refractivity contribution in [2.45, 2.75) is 58.5 Å². The van der Waals surface area contributed by atoms with Gasteiger partial charge in [0.05, 0.1) is 6.10 Å². The average Bonchev–Trinajstić information content (AvgIpc) is 2.75. The summed E-state index contributed by atoms with van der Waals surface area (Å²) in [6.07, 6.45) is 6.85. The van der Waals surface area contributed by atoms with Gasteiger partial charge in [0.15, 0.2) is 0 Å². The van der Waals surface area contributed by atoms with E-state index in [4.69, 9.17) is 0 Å². The lowest BCUT2D eigenvalue weighted by Crippen LogP contribution is -1.96. The Labute approximate surface area is 103 Å². The molecule has 2 rings (SSSR count). The van der Waals surface area contributed by atoms with Crippen LogP contribution in [0.3, 0.4) is 0 Å². The van der Waals surface area contributed by atoms with E-state index in [-0.39, 0.29) is 6.10 Å². The first kappa shape index (κ1) is 12.1. The maximum Gasteiger partial charge on any atom is 0.0882 e. The highest BCUT2D eigenvalue weighted by molar-refractivity contribution is 7.12. The van der Waals surface area contributed by atoms with Gasteiger partial charge in [-0.05, 0) is 43.2 Å². The van der Waals surface area contributed by atoms with Gasteiger partial charge in [-0.15, -0.1) is 11.3 Å². The summed E-state index contributed by atoms with van der Waals surface area (Å²) in [7, 11) is 0. The molecule has 16 heavy (non-hydrogen) atoms. The fourth-order valence-corrected chi connectivity index (χ4v) is 3.66. The molecule has 1 aliphatic carbocycles. The van der Waals surface area contributed by atoms with Gasteiger partial charge in [0.25, 0.3) is 0 Å². The van der Waals surface area contributed by atoms with E-state index in [0.717, 1.165) is 18.8 Å². The van der Waals surface area contributed by atoms with Crippen molar-refractivity contribution < 1.29 is 5.11 Å². The van der Waals surface area contributed by atoms with E-state index < -0.39 is 0 Å². The van der Waals surface area contributed by atoms with Gasteiger partial charge in [-0.2, -0.15) is 0 Å². The lowest BCUT2D eigenvalue weighted by molar-refractivity contribution is 0.165. The minimum Gasteiger partial charge on any atom is -0.388 e. The summed E-state index contributed by atoms with van der Waals surface area (Å²) >= 11 is 1.84. The van der Waals surface area contributed by atoms with Gasteiger partial charge in [-0.25, -0.2) is 0 Å². The molecular weight excluding hydrogens is 216 g/mol. The quantitative estimate of drug-likeness (QED) is 0.819. The smallest absolute Gasteiger partial charge is 0.0882 e. The predicted octanol–water partition coefficient (Wildman–Crippen LogP) is 4.10. The number of rotatable bonds is 5. The lowest BCUT2D eigenvalue weighted by atomic mass is 10.0. The average molecular weight is 238 g/mol. The van der Waals surface area contributed by atoms with Gasteiger partial charge in [-0.3, -0.25) is 0 Å². The number of fused-ring (bicyclic) bond motifs is 1. The van der Waals surface area contributed by atoms with Crippen molar-refractivity contribution in [2.75, 3.05) is 0 Å². The Morgan fingerprint density at radius 1 is 1.31 bits per heavy atom. The molecule has 1 atom stereocenters. The van der Waals surface area contributed by atoms with E-state index in [1.807, 2.05) is 11.3 Å². The van der Waals surface area contributed by atoms with Crippen molar-refractivity contribution in [3.63, 3.8) is 0 Å². The van der Waals surface area contributed by atoms with Gasteiger partial charge in [-0.1, -0.05) is 26.7 Å². The van der Waals surface area contributed by atoms with Crippen LogP contribution in [0.5, 0.6) is 0 Å². The summed E-state index contributed by atoms with van der Waals surface area (Å²) in [4.78, 5) is 2.73. The van der Waals surface area contributed by atoms with Crippen molar-refractivity contribution in [1.29, 1.82) is 0 Å². The first-order chi connectivity index (χ1) is 7.66. The highest BCUT2D eigenvalue weighted by Crippen LogP contribution is 2.35. The molecular formula is C14H22OS. The Kier molecular flexibility index (Phi) is 4.04. The molecule has 0 bridgehead atoms. The van der Waals surface area contributed by atoms with Gasteiger partial charge in [0.2, 0.25) is 0 Å². The summed E-state index contributed by atoms with van der Waals surface area (Å²) in [5.74, 6) is 0.751. The van der Waals surface area contributed by atoms with E-state index >= 15 is 0 Å². The Balaban J connectivity index is 1.86. The molecule has 1 heterocycles. The zero-order chi connectivity index (χ0) is 11.5. The zero-order valence-electron chi connectivity index (χ0n) is 10.3. The molecule has 0 fully saturated rings. The number of aliphatic hydroxyl groups is 1. The summed E-state index contributed by atoms with van der Waals surface area (Å²) in [6, 6.07) is 2.24. The van der Waals surface area contributed by atoms with Crippen LogP contribution in [0.2, 0.25) is 0 Å². The van der Waals surface area contributed by atoms with Crippen molar-refractivity contribution in [3.8, 4) is 0 Å². The second kappa shape index (κ2) is 5.33. The topological polar surface area (TPSA) is 20.2 Å². The molecule has 2 heteroatoms. The highest BCUT2D eigenvalue weighted by atomic mass is 32.1. The van der Waals surface area contributed by atoms with E-state index in [9.17, 15) is 5.11 Å². The number of hydrogen-bond donors (Lipinski definition) is 1. The third-order valence-electron chi connectivity index (χ3n) is 3.35.